The summed E-state index contributed by atoms with van der Waals surface area (Å²) >= 11 is 1.33. The molecule has 1 aromatic heterocycles. The largest absolute Gasteiger partial charge is 0.345 e. The third kappa shape index (κ3) is 4.79. The molecule has 136 valence electrons. The van der Waals surface area contributed by atoms with Crippen molar-refractivity contribution in [2.75, 3.05) is 0 Å². The predicted molar refractivity (Wildman–Crippen MR) is 101 cm³/mol. The van der Waals surface area contributed by atoms with Gasteiger partial charge in [0.1, 0.15) is 0 Å². The van der Waals surface area contributed by atoms with Crippen LogP contribution >= 0.6 is 11.3 Å². The van der Waals surface area contributed by atoms with Gasteiger partial charge in [-0.05, 0) is 25.0 Å². The van der Waals surface area contributed by atoms with Crippen molar-refractivity contribution in [2.24, 2.45) is 0 Å². The number of hydrogen-bond donors (Lipinski definition) is 2. The number of nitrogens with one attached hydrogen (secondary N) is 2. The Balaban J connectivity index is 1.50. The molecule has 1 fully saturated rings. The van der Waals surface area contributed by atoms with Gasteiger partial charge in [-0.2, -0.15) is 0 Å². The average Bonchev–Trinajstić information content (AvgIpc) is 3.16. The highest BCUT2D eigenvalue weighted by molar-refractivity contribution is 7.14. The topological polar surface area (TPSA) is 75.3 Å². The van der Waals surface area contributed by atoms with Crippen molar-refractivity contribution < 1.29 is 14.4 Å². The van der Waals surface area contributed by atoms with Gasteiger partial charge >= 0.3 is 11.8 Å². The summed E-state index contributed by atoms with van der Waals surface area (Å²) in [6, 6.07) is 12.7. The third-order valence-corrected chi connectivity index (χ3v) is 5.58. The van der Waals surface area contributed by atoms with Crippen molar-refractivity contribution in [1.29, 1.82) is 0 Å². The number of benzene rings is 1. The molecule has 2 N–H and O–H groups in total. The summed E-state index contributed by atoms with van der Waals surface area (Å²) in [6.45, 7) is 0.240. The maximum absolute atomic E-state index is 12.4. The minimum Gasteiger partial charge on any atom is -0.345 e. The molecule has 0 atom stereocenters. The monoisotopic (exact) mass is 370 g/mol. The molecule has 5 nitrogen and oxygen atoms in total. The fraction of sp³-hybridized carbons (Fsp3) is 0.350. The van der Waals surface area contributed by atoms with E-state index in [1.165, 1.54) is 17.8 Å². The van der Waals surface area contributed by atoms with Crippen LogP contribution in [-0.2, 0) is 16.1 Å². The van der Waals surface area contributed by atoms with Crippen LogP contribution in [0, 0.1) is 0 Å². The number of carbonyl (C=O) groups is 3. The van der Waals surface area contributed by atoms with Gasteiger partial charge in [-0.3, -0.25) is 14.4 Å². The molecule has 1 aliphatic carbocycles. The summed E-state index contributed by atoms with van der Waals surface area (Å²) in [5, 5.41) is 5.43. The fourth-order valence-corrected chi connectivity index (χ4v) is 3.98. The lowest BCUT2D eigenvalue weighted by atomic mass is 9.95. The molecule has 0 saturated heterocycles. The summed E-state index contributed by atoms with van der Waals surface area (Å²) in [7, 11) is 0. The van der Waals surface area contributed by atoms with E-state index in [2.05, 4.69) is 10.6 Å². The first-order valence-electron chi connectivity index (χ1n) is 8.90. The molecular weight excluding hydrogens is 348 g/mol. The maximum Gasteiger partial charge on any atom is 0.309 e. The quantitative estimate of drug-likeness (QED) is 0.627. The molecule has 1 aliphatic rings. The molecule has 2 aromatic rings. The Hall–Kier alpha value is -2.47. The molecule has 0 radical (unpaired) electrons. The molecule has 6 heteroatoms. The average molecular weight is 370 g/mol. The fourth-order valence-electron chi connectivity index (χ4n) is 3.07. The van der Waals surface area contributed by atoms with Gasteiger partial charge in [0.2, 0.25) is 5.78 Å². The van der Waals surface area contributed by atoms with Gasteiger partial charge in [-0.25, -0.2) is 0 Å². The van der Waals surface area contributed by atoms with Gasteiger partial charge in [0.05, 0.1) is 11.4 Å². The number of ketones is 1. The first-order chi connectivity index (χ1) is 12.6. The van der Waals surface area contributed by atoms with Crippen LogP contribution in [0.1, 0.15) is 52.2 Å². The van der Waals surface area contributed by atoms with Crippen molar-refractivity contribution >= 4 is 28.9 Å². The molecule has 26 heavy (non-hydrogen) atoms. The normalized spacial score (nSPS) is 14.6. The SMILES string of the molecule is O=C(NCc1ccc(C(=O)c2ccccc2)s1)C(=O)NC1CCCCC1. The maximum atomic E-state index is 12.4. The molecule has 3 rings (SSSR count). The van der Waals surface area contributed by atoms with Gasteiger partial charge < -0.3 is 10.6 Å². The summed E-state index contributed by atoms with van der Waals surface area (Å²) in [5.74, 6) is -1.24. The van der Waals surface area contributed by atoms with Gasteiger partial charge in [-0.15, -0.1) is 11.3 Å². The zero-order valence-corrected chi connectivity index (χ0v) is 15.3. The minimum atomic E-state index is -0.625. The zero-order valence-electron chi connectivity index (χ0n) is 14.5. The lowest BCUT2D eigenvalue weighted by molar-refractivity contribution is -0.139. The Bertz CT molecular complexity index is 779. The van der Waals surface area contributed by atoms with E-state index in [0.29, 0.717) is 10.4 Å². The van der Waals surface area contributed by atoms with Gasteiger partial charge in [-0.1, -0.05) is 49.6 Å². The predicted octanol–water partition coefficient (Wildman–Crippen LogP) is 3.04. The summed E-state index contributed by atoms with van der Waals surface area (Å²) < 4.78 is 0. The van der Waals surface area contributed by atoms with Crippen LogP contribution in [0.3, 0.4) is 0 Å². The van der Waals surface area contributed by atoms with E-state index in [1.54, 1.807) is 24.3 Å². The Morgan fingerprint density at radius 3 is 2.38 bits per heavy atom. The Morgan fingerprint density at radius 1 is 0.923 bits per heavy atom. The van der Waals surface area contributed by atoms with E-state index in [-0.39, 0.29) is 18.4 Å². The molecule has 1 heterocycles. The molecule has 1 saturated carbocycles. The summed E-state index contributed by atoms with van der Waals surface area (Å²) in [4.78, 5) is 37.8. The van der Waals surface area contributed by atoms with Crippen LogP contribution in [0.4, 0.5) is 0 Å². The van der Waals surface area contributed by atoms with Crippen LogP contribution < -0.4 is 10.6 Å². The van der Waals surface area contributed by atoms with Crippen LogP contribution in [-0.4, -0.2) is 23.6 Å². The van der Waals surface area contributed by atoms with Crippen LogP contribution in [0.5, 0.6) is 0 Å². The van der Waals surface area contributed by atoms with Gasteiger partial charge in [0.25, 0.3) is 0 Å². The zero-order chi connectivity index (χ0) is 18.4. The molecule has 0 aliphatic heterocycles. The van der Waals surface area contributed by atoms with E-state index in [4.69, 9.17) is 0 Å². The van der Waals surface area contributed by atoms with Crippen molar-refractivity contribution in [1.82, 2.24) is 10.6 Å². The highest BCUT2D eigenvalue weighted by Gasteiger charge is 2.20. The Morgan fingerprint density at radius 2 is 1.65 bits per heavy atom. The number of thiophene rings is 1. The molecule has 1 aromatic carbocycles. The van der Waals surface area contributed by atoms with E-state index < -0.39 is 11.8 Å². The van der Waals surface area contributed by atoms with Crippen molar-refractivity contribution in [3.05, 3.63) is 57.8 Å². The first kappa shape index (κ1) is 18.3. The van der Waals surface area contributed by atoms with Crippen LogP contribution in [0.25, 0.3) is 0 Å². The number of carbonyl (C=O) groups excluding carboxylic acids is 3. The highest BCUT2D eigenvalue weighted by atomic mass is 32.1. The van der Waals surface area contributed by atoms with Gasteiger partial charge in [0, 0.05) is 16.5 Å². The molecule has 0 unspecified atom stereocenters. The van der Waals surface area contributed by atoms with Crippen molar-refractivity contribution in [3.63, 3.8) is 0 Å². The van der Waals surface area contributed by atoms with Gasteiger partial charge in [0.15, 0.2) is 0 Å². The standard InChI is InChI=1S/C20H22N2O3S/c23-18(14-7-3-1-4-8-14)17-12-11-16(26-17)13-21-19(24)20(25)22-15-9-5-2-6-10-15/h1,3-4,7-8,11-12,15H,2,5-6,9-10,13H2,(H,21,24)(H,22,25). The molecule has 2 amide bonds. The third-order valence-electron chi connectivity index (χ3n) is 4.49. The highest BCUT2D eigenvalue weighted by Crippen LogP contribution is 2.20. The second kappa shape index (κ2) is 8.76. The number of hydrogen-bond acceptors (Lipinski definition) is 4. The second-order valence-electron chi connectivity index (χ2n) is 6.45. The van der Waals surface area contributed by atoms with Crippen LogP contribution in [0.15, 0.2) is 42.5 Å². The van der Waals surface area contributed by atoms with E-state index in [9.17, 15) is 14.4 Å². The molecule has 0 spiro atoms. The summed E-state index contributed by atoms with van der Waals surface area (Å²) in [5.41, 5.74) is 0.636. The molecular formula is C20H22N2O3S. The van der Waals surface area contributed by atoms with Crippen molar-refractivity contribution in [2.45, 2.75) is 44.7 Å². The second-order valence-corrected chi connectivity index (χ2v) is 7.62. The number of amides is 2. The van der Waals surface area contributed by atoms with E-state index in [1.807, 2.05) is 18.2 Å². The lowest BCUT2D eigenvalue weighted by Crippen LogP contribution is -2.44. The first-order valence-corrected chi connectivity index (χ1v) is 9.72. The van der Waals surface area contributed by atoms with Crippen LogP contribution in [0.2, 0.25) is 0 Å². The van der Waals surface area contributed by atoms with E-state index >= 15 is 0 Å². The van der Waals surface area contributed by atoms with E-state index in [0.717, 1.165) is 30.6 Å². The number of rotatable bonds is 5. The smallest absolute Gasteiger partial charge is 0.309 e. The molecule has 0 bridgehead atoms. The minimum absolute atomic E-state index is 0.0387. The lowest BCUT2D eigenvalue weighted by Gasteiger charge is -2.22. The Kier molecular flexibility index (Phi) is 6.17. The summed E-state index contributed by atoms with van der Waals surface area (Å²) in [6.07, 6.45) is 5.27. The Labute approximate surface area is 156 Å². The van der Waals surface area contributed by atoms with Crippen molar-refractivity contribution in [3.8, 4) is 0 Å².